The maximum atomic E-state index is 14.3. The van der Waals surface area contributed by atoms with Gasteiger partial charge in [-0.15, -0.1) is 0 Å². The molecule has 2 aliphatic heterocycles. The van der Waals surface area contributed by atoms with E-state index in [9.17, 15) is 24.0 Å². The van der Waals surface area contributed by atoms with Crippen LogP contribution in [0.15, 0.2) is 30.3 Å². The maximum absolute atomic E-state index is 14.3. The van der Waals surface area contributed by atoms with E-state index in [1.165, 1.54) is 12.0 Å². The molecule has 0 bridgehead atoms. The fraction of sp³-hybridized carbons (Fsp3) is 0.732. The highest BCUT2D eigenvalue weighted by molar-refractivity contribution is 5.95. The summed E-state index contributed by atoms with van der Waals surface area (Å²) in [7, 11) is 8.51. The van der Waals surface area contributed by atoms with Crippen molar-refractivity contribution < 1.29 is 38.2 Å². The predicted octanol–water partition coefficient (Wildman–Crippen LogP) is 4.74. The first-order valence-electron chi connectivity index (χ1n) is 19.6. The number of methoxy groups -OCH3 is 2. The lowest BCUT2D eigenvalue weighted by Crippen LogP contribution is -2.59. The first kappa shape index (κ1) is 44.8. The number of likely N-dealkylation sites (tertiary alicyclic amines) is 1. The lowest BCUT2D eigenvalue weighted by molar-refractivity contribution is -0.149. The second kappa shape index (κ2) is 19.9. The summed E-state index contributed by atoms with van der Waals surface area (Å²) >= 11 is 0. The fourth-order valence-corrected chi connectivity index (χ4v) is 8.47. The van der Waals surface area contributed by atoms with Crippen LogP contribution in [0, 0.1) is 23.7 Å². The van der Waals surface area contributed by atoms with Crippen LogP contribution < -0.4 is 5.32 Å². The molecule has 0 unspecified atom stereocenters. The Kier molecular flexibility index (Phi) is 16.5. The van der Waals surface area contributed by atoms with Crippen molar-refractivity contribution in [1.29, 1.82) is 0 Å². The highest BCUT2D eigenvalue weighted by Gasteiger charge is 2.48. The van der Waals surface area contributed by atoms with E-state index in [4.69, 9.17) is 14.2 Å². The molecule has 54 heavy (non-hydrogen) atoms. The number of likely N-dealkylation sites (N-methyl/N-ethyl adjacent to an activating group) is 2. The highest BCUT2D eigenvalue weighted by atomic mass is 16.6. The van der Waals surface area contributed by atoms with E-state index < -0.39 is 66.4 Å². The highest BCUT2D eigenvalue weighted by Crippen LogP contribution is 2.35. The van der Waals surface area contributed by atoms with Crippen molar-refractivity contribution in [1.82, 2.24) is 24.9 Å². The van der Waals surface area contributed by atoms with Gasteiger partial charge in [-0.05, 0) is 57.2 Å². The number of cyclic esters (lactones) is 1. The van der Waals surface area contributed by atoms with Gasteiger partial charge in [-0.2, -0.15) is 0 Å². The van der Waals surface area contributed by atoms with E-state index in [0.717, 1.165) is 18.4 Å². The average molecular weight is 758 g/mol. The third-order valence-electron chi connectivity index (χ3n) is 11.6. The molecule has 0 saturated carbocycles. The molecule has 5 amide bonds. The first-order chi connectivity index (χ1) is 25.4. The summed E-state index contributed by atoms with van der Waals surface area (Å²) in [5.41, 5.74) is 0.807. The van der Waals surface area contributed by atoms with Crippen molar-refractivity contribution in [3.05, 3.63) is 35.9 Å². The van der Waals surface area contributed by atoms with E-state index in [2.05, 4.69) is 5.32 Å². The Hall–Kier alpha value is -3.55. The van der Waals surface area contributed by atoms with E-state index in [1.807, 2.05) is 90.9 Å². The molecule has 10 atom stereocenters. The molecule has 2 heterocycles. The van der Waals surface area contributed by atoms with Crippen LogP contribution in [0.5, 0.6) is 0 Å². The molecule has 2 saturated heterocycles. The number of hydrogen-bond donors (Lipinski definition) is 1. The summed E-state index contributed by atoms with van der Waals surface area (Å²) in [5, 5.41) is 3.03. The second-order valence-electron chi connectivity index (χ2n) is 16.1. The van der Waals surface area contributed by atoms with E-state index in [1.54, 1.807) is 37.8 Å². The minimum atomic E-state index is -0.772. The SMILES string of the molecule is CC[C@H](C)[C@@H]([C@@H](CC(=O)N1CCC[C@H]1[C@H](OC)[C@@H](C)C(=O)N1C(=O)O[C@@H](c2ccccc2)[C@H]1C)OC)N(C)C(=O)[C@@H](NC(=O)[C@H](C(C)C)N(C)C)C(C)C. The van der Waals surface area contributed by atoms with Gasteiger partial charge < -0.3 is 29.3 Å². The molecule has 1 aromatic carbocycles. The van der Waals surface area contributed by atoms with Crippen molar-refractivity contribution in [3.8, 4) is 0 Å². The van der Waals surface area contributed by atoms with Crippen molar-refractivity contribution in [2.45, 2.75) is 130 Å². The van der Waals surface area contributed by atoms with Crippen LogP contribution in [0.25, 0.3) is 0 Å². The number of imide groups is 1. The Morgan fingerprint density at radius 3 is 2.11 bits per heavy atom. The van der Waals surface area contributed by atoms with Gasteiger partial charge in [0.05, 0.1) is 48.7 Å². The molecule has 1 aromatic rings. The predicted molar refractivity (Wildman–Crippen MR) is 207 cm³/mol. The van der Waals surface area contributed by atoms with Crippen molar-refractivity contribution in [2.75, 3.05) is 41.9 Å². The van der Waals surface area contributed by atoms with Gasteiger partial charge in [0.2, 0.25) is 23.6 Å². The largest absolute Gasteiger partial charge is 0.439 e. The van der Waals surface area contributed by atoms with Crippen molar-refractivity contribution >= 4 is 29.7 Å². The third-order valence-corrected chi connectivity index (χ3v) is 11.6. The monoisotopic (exact) mass is 757 g/mol. The number of carbonyl (C=O) groups excluding carboxylic acids is 5. The van der Waals surface area contributed by atoms with Crippen LogP contribution in [0.1, 0.15) is 92.7 Å². The minimum Gasteiger partial charge on any atom is -0.439 e. The molecule has 0 aromatic heterocycles. The smallest absolute Gasteiger partial charge is 0.417 e. The Bertz CT molecular complexity index is 1420. The van der Waals surface area contributed by atoms with Gasteiger partial charge in [0.15, 0.2) is 0 Å². The molecular weight excluding hydrogens is 690 g/mol. The standard InChI is InChI=1S/C41H67N5O8/c1-14-26(6)35(44(11)40(50)33(24(2)3)42-38(48)34(25(4)5)43(9)10)31(52-12)23-32(47)45-22-18-21-30(45)36(53-13)27(7)39(49)46-28(8)37(54-41(46)51)29-19-16-15-17-20-29/h15-17,19-20,24-28,30-31,33-37H,14,18,21-23H2,1-13H3,(H,42,48)/t26-,27+,28+,30-,31+,33-,34-,35-,36+,37+/m0/s1. The van der Waals surface area contributed by atoms with Gasteiger partial charge in [0.1, 0.15) is 12.1 Å². The average Bonchev–Trinajstić information content (AvgIpc) is 3.73. The lowest BCUT2D eigenvalue weighted by Gasteiger charge is -2.41. The van der Waals surface area contributed by atoms with E-state index in [0.29, 0.717) is 13.0 Å². The number of benzene rings is 1. The molecule has 0 spiro atoms. The summed E-state index contributed by atoms with van der Waals surface area (Å²) in [6.45, 7) is 15.9. The second-order valence-corrected chi connectivity index (χ2v) is 16.1. The van der Waals surface area contributed by atoms with Crippen LogP contribution >= 0.6 is 0 Å². The van der Waals surface area contributed by atoms with Crippen LogP contribution in [0.3, 0.4) is 0 Å². The number of nitrogens with zero attached hydrogens (tertiary/aromatic N) is 4. The van der Waals surface area contributed by atoms with Crippen LogP contribution in [0.4, 0.5) is 4.79 Å². The van der Waals surface area contributed by atoms with Gasteiger partial charge in [0.25, 0.3) is 0 Å². The Labute approximate surface area is 323 Å². The molecule has 13 nitrogen and oxygen atoms in total. The Morgan fingerprint density at radius 1 is 0.963 bits per heavy atom. The molecule has 1 N–H and O–H groups in total. The molecule has 2 fully saturated rings. The zero-order valence-electron chi connectivity index (χ0n) is 34.9. The quantitative estimate of drug-likeness (QED) is 0.225. The Balaban J connectivity index is 1.80. The molecule has 0 radical (unpaired) electrons. The van der Waals surface area contributed by atoms with Crippen LogP contribution in [-0.2, 0) is 33.4 Å². The summed E-state index contributed by atoms with van der Waals surface area (Å²) in [6, 6.07) is 6.76. The Morgan fingerprint density at radius 2 is 1.59 bits per heavy atom. The number of ether oxygens (including phenoxy) is 3. The minimum absolute atomic E-state index is 0.00138. The number of amides is 5. The zero-order chi connectivity index (χ0) is 40.6. The molecule has 3 rings (SSSR count). The lowest BCUT2D eigenvalue weighted by atomic mass is 9.89. The van der Waals surface area contributed by atoms with Gasteiger partial charge in [-0.25, -0.2) is 9.69 Å². The van der Waals surface area contributed by atoms with Crippen LogP contribution in [-0.4, -0.2) is 134 Å². The van der Waals surface area contributed by atoms with Crippen molar-refractivity contribution in [3.63, 3.8) is 0 Å². The number of nitrogens with one attached hydrogen (secondary N) is 1. The van der Waals surface area contributed by atoms with E-state index in [-0.39, 0.29) is 41.9 Å². The fourth-order valence-electron chi connectivity index (χ4n) is 8.47. The van der Waals surface area contributed by atoms with Gasteiger partial charge in [0, 0.05) is 27.8 Å². The summed E-state index contributed by atoms with van der Waals surface area (Å²) < 4.78 is 17.6. The first-order valence-corrected chi connectivity index (χ1v) is 19.6. The molecule has 2 aliphatic rings. The van der Waals surface area contributed by atoms with Crippen molar-refractivity contribution in [2.24, 2.45) is 23.7 Å². The molecule has 0 aliphatic carbocycles. The molecular formula is C41H67N5O8. The number of carbonyl (C=O) groups is 5. The number of hydrogen-bond acceptors (Lipinski definition) is 9. The van der Waals surface area contributed by atoms with Crippen LogP contribution in [0.2, 0.25) is 0 Å². The summed E-state index contributed by atoms with van der Waals surface area (Å²) in [6.07, 6.45) is -0.533. The van der Waals surface area contributed by atoms with Gasteiger partial charge in [-0.1, -0.05) is 85.2 Å². The molecule has 304 valence electrons. The molecule has 13 heteroatoms. The number of rotatable bonds is 18. The summed E-state index contributed by atoms with van der Waals surface area (Å²) in [5.74, 6) is -1.97. The van der Waals surface area contributed by atoms with Gasteiger partial charge >= 0.3 is 6.09 Å². The van der Waals surface area contributed by atoms with E-state index >= 15 is 0 Å². The topological polar surface area (TPSA) is 138 Å². The zero-order valence-corrected chi connectivity index (χ0v) is 34.9. The normalized spacial score (nSPS) is 22.8. The third kappa shape index (κ3) is 10.00. The summed E-state index contributed by atoms with van der Waals surface area (Å²) in [4.78, 5) is 75.4. The maximum Gasteiger partial charge on any atom is 0.417 e. The van der Waals surface area contributed by atoms with Gasteiger partial charge in [-0.3, -0.25) is 24.1 Å².